The highest BCUT2D eigenvalue weighted by Crippen LogP contribution is 2.41. The molecular weight excluding hydrogens is 408 g/mol. The second-order valence-electron chi connectivity index (χ2n) is 9.72. The lowest BCUT2D eigenvalue weighted by Gasteiger charge is -2.38. The fourth-order valence-electron chi connectivity index (χ4n) is 5.15. The number of rotatable bonds is 5. The van der Waals surface area contributed by atoms with Gasteiger partial charge >= 0.3 is 0 Å². The lowest BCUT2D eigenvalue weighted by molar-refractivity contribution is -0.119. The minimum Gasteiger partial charge on any atom is -0.315 e. The first kappa shape index (κ1) is 22.0. The fraction of sp³-hybridized carbons (Fsp3) is 0.480. The lowest BCUT2D eigenvalue weighted by Crippen LogP contribution is -2.42. The molecule has 1 N–H and O–H groups in total. The van der Waals surface area contributed by atoms with Crippen LogP contribution in [0.1, 0.15) is 63.5 Å². The molecule has 1 heterocycles. The Morgan fingerprint density at radius 2 is 1.68 bits per heavy atom. The number of hydrogen-bond acceptors (Lipinski definition) is 3. The summed E-state index contributed by atoms with van der Waals surface area (Å²) >= 11 is 0. The molecular formula is C25H32N2O3S. The zero-order chi connectivity index (χ0) is 22.3. The highest BCUT2D eigenvalue weighted by molar-refractivity contribution is 7.89. The molecule has 0 radical (unpaired) electrons. The molecule has 1 aliphatic carbocycles. The summed E-state index contributed by atoms with van der Waals surface area (Å²) < 4.78 is 29.5. The first-order chi connectivity index (χ1) is 14.6. The van der Waals surface area contributed by atoms with Gasteiger partial charge in [0.25, 0.3) is 0 Å². The molecule has 0 saturated heterocycles. The van der Waals surface area contributed by atoms with Gasteiger partial charge in [0.2, 0.25) is 15.9 Å². The molecule has 1 fully saturated rings. The van der Waals surface area contributed by atoms with E-state index in [1.54, 1.807) is 30.1 Å². The molecule has 0 bridgehead atoms. The number of fused-ring (bicyclic) bond motifs is 1. The van der Waals surface area contributed by atoms with Crippen LogP contribution in [0.2, 0.25) is 0 Å². The summed E-state index contributed by atoms with van der Waals surface area (Å²) in [5.41, 5.74) is 2.33. The van der Waals surface area contributed by atoms with E-state index in [1.807, 2.05) is 32.0 Å². The van der Waals surface area contributed by atoms with E-state index in [-0.39, 0.29) is 16.2 Å². The molecule has 0 spiro atoms. The second kappa shape index (κ2) is 8.06. The van der Waals surface area contributed by atoms with E-state index in [1.165, 1.54) is 12.0 Å². The van der Waals surface area contributed by atoms with Gasteiger partial charge in [0.05, 0.1) is 4.90 Å². The summed E-state index contributed by atoms with van der Waals surface area (Å²) in [6.07, 6.45) is 5.78. The Morgan fingerprint density at radius 1 is 1.00 bits per heavy atom. The van der Waals surface area contributed by atoms with Crippen molar-refractivity contribution < 1.29 is 13.2 Å². The van der Waals surface area contributed by atoms with Gasteiger partial charge in [-0.3, -0.25) is 4.79 Å². The van der Waals surface area contributed by atoms with Crippen LogP contribution in [0.15, 0.2) is 53.4 Å². The maximum atomic E-state index is 13.3. The van der Waals surface area contributed by atoms with Crippen LogP contribution in [-0.4, -0.2) is 27.9 Å². The van der Waals surface area contributed by atoms with Crippen LogP contribution in [0.25, 0.3) is 0 Å². The van der Waals surface area contributed by atoms with E-state index in [9.17, 15) is 13.2 Å². The molecule has 0 atom stereocenters. The summed E-state index contributed by atoms with van der Waals surface area (Å²) in [6, 6.07) is 15.4. The van der Waals surface area contributed by atoms with E-state index >= 15 is 0 Å². The minimum atomic E-state index is -3.67. The zero-order valence-corrected chi connectivity index (χ0v) is 19.5. The Labute approximate surface area is 185 Å². The fourth-order valence-corrected chi connectivity index (χ4v) is 6.30. The predicted octanol–water partition coefficient (Wildman–Crippen LogP) is 4.51. The van der Waals surface area contributed by atoms with E-state index in [0.717, 1.165) is 36.9 Å². The third-order valence-corrected chi connectivity index (χ3v) is 8.53. The van der Waals surface area contributed by atoms with Gasteiger partial charge in [0.1, 0.15) is 0 Å². The summed E-state index contributed by atoms with van der Waals surface area (Å²) in [5, 5.41) is 0. The molecule has 4 rings (SSSR count). The van der Waals surface area contributed by atoms with Crippen molar-refractivity contribution in [2.24, 2.45) is 0 Å². The second-order valence-corrected chi connectivity index (χ2v) is 11.5. The van der Waals surface area contributed by atoms with Crippen molar-refractivity contribution in [2.75, 3.05) is 18.5 Å². The molecule has 1 amide bonds. The van der Waals surface area contributed by atoms with Gasteiger partial charge in [-0.1, -0.05) is 63.4 Å². The number of nitrogens with zero attached hydrogens (tertiary/aromatic N) is 1. The topological polar surface area (TPSA) is 66.5 Å². The van der Waals surface area contributed by atoms with Gasteiger partial charge in [0, 0.05) is 36.5 Å². The standard InChI is InChI=1S/C25H32N2O3S/c1-24(2)17-23(28)27(3)22-13-12-20(16-21(22)24)31(29,30)26-18-25(14-8-5-9-15-25)19-10-6-4-7-11-19/h4,6-7,10-13,16,26H,5,8-9,14-15,17-18H2,1-3H3. The van der Waals surface area contributed by atoms with Crippen molar-refractivity contribution in [3.63, 3.8) is 0 Å². The summed E-state index contributed by atoms with van der Waals surface area (Å²) in [6.45, 7) is 4.39. The normalized spacial score (nSPS) is 20.4. The molecule has 1 saturated carbocycles. The number of anilines is 1. The first-order valence-corrected chi connectivity index (χ1v) is 12.6. The lowest BCUT2D eigenvalue weighted by atomic mass is 9.69. The summed E-state index contributed by atoms with van der Waals surface area (Å²) in [5.74, 6) is 0.0494. The largest absolute Gasteiger partial charge is 0.315 e. The van der Waals surface area contributed by atoms with E-state index in [4.69, 9.17) is 0 Å². The Kier molecular flexibility index (Phi) is 5.73. The first-order valence-electron chi connectivity index (χ1n) is 11.1. The van der Waals surface area contributed by atoms with Crippen LogP contribution in [0, 0.1) is 0 Å². The number of hydrogen-bond donors (Lipinski definition) is 1. The molecule has 2 aromatic rings. The minimum absolute atomic E-state index is 0.0494. The Morgan fingerprint density at radius 3 is 2.35 bits per heavy atom. The Balaban J connectivity index is 1.63. The van der Waals surface area contributed by atoms with Crippen molar-refractivity contribution in [1.29, 1.82) is 0 Å². The summed E-state index contributed by atoms with van der Waals surface area (Å²) in [4.78, 5) is 14.2. The number of nitrogens with one attached hydrogen (secondary N) is 1. The molecule has 5 nitrogen and oxygen atoms in total. The van der Waals surface area contributed by atoms with Gasteiger partial charge in [-0.25, -0.2) is 13.1 Å². The van der Waals surface area contributed by atoms with E-state index in [2.05, 4.69) is 16.9 Å². The van der Waals surface area contributed by atoms with Gasteiger partial charge in [0.15, 0.2) is 0 Å². The molecule has 6 heteroatoms. The van der Waals surface area contributed by atoms with Gasteiger partial charge in [-0.05, 0) is 42.2 Å². The third-order valence-electron chi connectivity index (χ3n) is 7.13. The number of carbonyl (C=O) groups is 1. The number of sulfonamides is 1. The monoisotopic (exact) mass is 440 g/mol. The Hall–Kier alpha value is -2.18. The molecule has 0 unspecified atom stereocenters. The van der Waals surface area contributed by atoms with Gasteiger partial charge in [-0.2, -0.15) is 0 Å². The van der Waals surface area contributed by atoms with E-state index in [0.29, 0.717) is 13.0 Å². The van der Waals surface area contributed by atoms with Crippen LogP contribution in [-0.2, 0) is 25.6 Å². The maximum absolute atomic E-state index is 13.3. The van der Waals surface area contributed by atoms with Crippen LogP contribution in [0.4, 0.5) is 5.69 Å². The number of carbonyl (C=O) groups excluding carboxylic acids is 1. The van der Waals surface area contributed by atoms with Crippen LogP contribution >= 0.6 is 0 Å². The predicted molar refractivity (Wildman–Crippen MR) is 124 cm³/mol. The average Bonchev–Trinajstić information content (AvgIpc) is 2.77. The maximum Gasteiger partial charge on any atom is 0.240 e. The van der Waals surface area contributed by atoms with Crippen molar-refractivity contribution in [1.82, 2.24) is 4.72 Å². The quantitative estimate of drug-likeness (QED) is 0.744. The van der Waals surface area contributed by atoms with Crippen molar-refractivity contribution >= 4 is 21.6 Å². The smallest absolute Gasteiger partial charge is 0.240 e. The molecule has 2 aliphatic rings. The van der Waals surface area contributed by atoms with Crippen molar-refractivity contribution in [3.05, 3.63) is 59.7 Å². The zero-order valence-electron chi connectivity index (χ0n) is 18.6. The third kappa shape index (κ3) is 4.15. The molecule has 166 valence electrons. The van der Waals surface area contributed by atoms with Gasteiger partial charge < -0.3 is 4.90 Å². The molecule has 31 heavy (non-hydrogen) atoms. The molecule has 1 aliphatic heterocycles. The van der Waals surface area contributed by atoms with Crippen molar-refractivity contribution in [3.8, 4) is 0 Å². The van der Waals surface area contributed by atoms with Gasteiger partial charge in [-0.15, -0.1) is 0 Å². The number of amides is 1. The van der Waals surface area contributed by atoms with Crippen LogP contribution in [0.3, 0.4) is 0 Å². The summed E-state index contributed by atoms with van der Waals surface area (Å²) in [7, 11) is -1.93. The highest BCUT2D eigenvalue weighted by Gasteiger charge is 2.37. The molecule has 0 aromatic heterocycles. The van der Waals surface area contributed by atoms with E-state index < -0.39 is 15.4 Å². The average molecular weight is 441 g/mol. The van der Waals surface area contributed by atoms with Crippen LogP contribution in [0.5, 0.6) is 0 Å². The van der Waals surface area contributed by atoms with Crippen molar-refractivity contribution in [2.45, 2.75) is 68.1 Å². The van der Waals surface area contributed by atoms with Crippen LogP contribution < -0.4 is 9.62 Å². The SMILES string of the molecule is CN1C(=O)CC(C)(C)c2cc(S(=O)(=O)NCC3(c4ccccc4)CCCCC3)ccc21. The number of benzene rings is 2. The highest BCUT2D eigenvalue weighted by atomic mass is 32.2. The Bertz CT molecular complexity index is 1070. The molecule has 2 aromatic carbocycles.